The van der Waals surface area contributed by atoms with E-state index in [4.69, 9.17) is 4.74 Å². The summed E-state index contributed by atoms with van der Waals surface area (Å²) in [5, 5.41) is 0. The van der Waals surface area contributed by atoms with Crippen molar-refractivity contribution in [3.8, 4) is 0 Å². The molecule has 0 aromatic rings. The molecule has 1 heterocycles. The summed E-state index contributed by atoms with van der Waals surface area (Å²) in [6, 6.07) is 0. The van der Waals surface area contributed by atoms with Crippen molar-refractivity contribution in [2.45, 2.75) is 52.1 Å². The molecule has 1 rings (SSSR count). The third-order valence-electron chi connectivity index (χ3n) is 2.39. The fourth-order valence-electron chi connectivity index (χ4n) is 1.58. The topological polar surface area (TPSA) is 9.23 Å². The van der Waals surface area contributed by atoms with E-state index in [-0.39, 0.29) is 0 Å². The van der Waals surface area contributed by atoms with Crippen molar-refractivity contribution < 1.29 is 4.74 Å². The zero-order valence-corrected chi connectivity index (χ0v) is 8.31. The minimum atomic E-state index is 0.422. The highest BCUT2D eigenvalue weighted by Gasteiger charge is 2.10. The summed E-state index contributed by atoms with van der Waals surface area (Å²) in [4.78, 5) is 0. The van der Waals surface area contributed by atoms with Crippen molar-refractivity contribution in [1.82, 2.24) is 0 Å². The lowest BCUT2D eigenvalue weighted by atomic mass is 10.0. The molecule has 1 aliphatic rings. The quantitative estimate of drug-likeness (QED) is 0.462. The molecule has 0 amide bonds. The van der Waals surface area contributed by atoms with Gasteiger partial charge in [-0.25, -0.2) is 0 Å². The van der Waals surface area contributed by atoms with Crippen molar-refractivity contribution >= 4 is 0 Å². The van der Waals surface area contributed by atoms with Crippen molar-refractivity contribution in [2.75, 3.05) is 6.61 Å². The molecule has 1 nitrogen and oxygen atoms in total. The van der Waals surface area contributed by atoms with Gasteiger partial charge in [0.05, 0.1) is 12.7 Å². The summed E-state index contributed by atoms with van der Waals surface area (Å²) in [6.45, 7) is 5.37. The molecule has 0 radical (unpaired) electrons. The van der Waals surface area contributed by atoms with Gasteiger partial charge in [0.2, 0.25) is 0 Å². The van der Waals surface area contributed by atoms with Crippen LogP contribution in [-0.4, -0.2) is 12.7 Å². The Balaban J connectivity index is 2.18. The largest absolute Gasteiger partial charge is 0.374 e. The molecule has 0 aromatic heterocycles. The molecule has 1 unspecified atom stereocenters. The Morgan fingerprint density at radius 2 is 2.33 bits per heavy atom. The normalized spacial score (nSPS) is 23.8. The fourth-order valence-corrected chi connectivity index (χ4v) is 1.58. The third kappa shape index (κ3) is 3.40. The van der Waals surface area contributed by atoms with Gasteiger partial charge >= 0.3 is 0 Å². The van der Waals surface area contributed by atoms with E-state index < -0.39 is 0 Å². The average Bonchev–Trinajstić information content (AvgIpc) is 2.05. The summed E-state index contributed by atoms with van der Waals surface area (Å²) < 4.78 is 5.62. The standard InChI is InChI=1S/C11H20O/c1-3-4-5-6-11-9-10(2)7-8-12-11/h9,11H,3-8H2,1-2H3. The van der Waals surface area contributed by atoms with E-state index in [9.17, 15) is 0 Å². The Bertz CT molecular complexity index is 149. The van der Waals surface area contributed by atoms with Crippen LogP contribution in [0.15, 0.2) is 11.6 Å². The predicted octanol–water partition coefficient (Wildman–Crippen LogP) is 3.30. The number of hydrogen-bond acceptors (Lipinski definition) is 1. The highest BCUT2D eigenvalue weighted by molar-refractivity contribution is 5.04. The molecule has 0 bridgehead atoms. The minimum absolute atomic E-state index is 0.422. The zero-order chi connectivity index (χ0) is 8.81. The first-order valence-electron chi connectivity index (χ1n) is 5.12. The molecule has 0 aromatic carbocycles. The van der Waals surface area contributed by atoms with E-state index in [1.54, 1.807) is 0 Å². The van der Waals surface area contributed by atoms with Gasteiger partial charge in [-0.15, -0.1) is 0 Å². The van der Waals surface area contributed by atoms with Crippen molar-refractivity contribution in [1.29, 1.82) is 0 Å². The second-order valence-electron chi connectivity index (χ2n) is 3.67. The van der Waals surface area contributed by atoms with Crippen molar-refractivity contribution in [2.24, 2.45) is 0 Å². The van der Waals surface area contributed by atoms with Crippen LogP contribution in [0.5, 0.6) is 0 Å². The lowest BCUT2D eigenvalue weighted by molar-refractivity contribution is 0.0696. The summed E-state index contributed by atoms with van der Waals surface area (Å²) in [5.41, 5.74) is 1.50. The summed E-state index contributed by atoms with van der Waals surface area (Å²) in [6.07, 6.45) is 9.01. The molecule has 0 aliphatic carbocycles. The molecule has 0 saturated heterocycles. The number of rotatable bonds is 4. The Morgan fingerprint density at radius 1 is 1.50 bits per heavy atom. The van der Waals surface area contributed by atoms with Gasteiger partial charge in [0, 0.05) is 0 Å². The Hall–Kier alpha value is -0.300. The van der Waals surface area contributed by atoms with Gasteiger partial charge in [-0.3, -0.25) is 0 Å². The average molecular weight is 168 g/mol. The van der Waals surface area contributed by atoms with Gasteiger partial charge in [0.25, 0.3) is 0 Å². The van der Waals surface area contributed by atoms with Crippen LogP contribution >= 0.6 is 0 Å². The maximum atomic E-state index is 5.62. The maximum absolute atomic E-state index is 5.62. The van der Waals surface area contributed by atoms with E-state index in [0.29, 0.717) is 6.10 Å². The monoisotopic (exact) mass is 168 g/mol. The SMILES string of the molecule is CCCCCC1C=C(C)CCO1. The van der Waals surface area contributed by atoms with Gasteiger partial charge in [-0.1, -0.05) is 37.8 Å². The van der Waals surface area contributed by atoms with E-state index in [0.717, 1.165) is 13.0 Å². The molecule has 0 fully saturated rings. The summed E-state index contributed by atoms with van der Waals surface area (Å²) in [5.74, 6) is 0. The lowest BCUT2D eigenvalue weighted by Gasteiger charge is -2.20. The van der Waals surface area contributed by atoms with Gasteiger partial charge in [0.15, 0.2) is 0 Å². The lowest BCUT2D eigenvalue weighted by Crippen LogP contribution is -2.16. The van der Waals surface area contributed by atoms with Crippen LogP contribution in [0.2, 0.25) is 0 Å². The first kappa shape index (κ1) is 9.79. The molecule has 70 valence electrons. The minimum Gasteiger partial charge on any atom is -0.374 e. The number of ether oxygens (including phenoxy) is 1. The van der Waals surface area contributed by atoms with Gasteiger partial charge in [-0.05, 0) is 19.8 Å². The van der Waals surface area contributed by atoms with Crippen LogP contribution in [0.4, 0.5) is 0 Å². The first-order chi connectivity index (χ1) is 5.83. The van der Waals surface area contributed by atoms with Crippen LogP contribution in [0, 0.1) is 0 Å². The van der Waals surface area contributed by atoms with Crippen LogP contribution in [-0.2, 0) is 4.74 Å². The molecule has 12 heavy (non-hydrogen) atoms. The van der Waals surface area contributed by atoms with Gasteiger partial charge in [0.1, 0.15) is 0 Å². The number of unbranched alkanes of at least 4 members (excludes halogenated alkanes) is 2. The second-order valence-corrected chi connectivity index (χ2v) is 3.67. The maximum Gasteiger partial charge on any atom is 0.0758 e. The van der Waals surface area contributed by atoms with Crippen LogP contribution in [0.1, 0.15) is 46.0 Å². The molecular weight excluding hydrogens is 148 g/mol. The van der Waals surface area contributed by atoms with E-state index in [2.05, 4.69) is 19.9 Å². The summed E-state index contributed by atoms with van der Waals surface area (Å²) in [7, 11) is 0. The highest BCUT2D eigenvalue weighted by Crippen LogP contribution is 2.16. The molecule has 1 atom stereocenters. The van der Waals surface area contributed by atoms with E-state index >= 15 is 0 Å². The Labute approximate surface area is 75.8 Å². The van der Waals surface area contributed by atoms with Gasteiger partial charge in [-0.2, -0.15) is 0 Å². The van der Waals surface area contributed by atoms with Crippen molar-refractivity contribution in [3.05, 3.63) is 11.6 Å². The molecule has 0 spiro atoms. The molecular formula is C11H20O. The van der Waals surface area contributed by atoms with Crippen LogP contribution < -0.4 is 0 Å². The first-order valence-corrected chi connectivity index (χ1v) is 5.12. The van der Waals surface area contributed by atoms with Crippen LogP contribution in [0.25, 0.3) is 0 Å². The van der Waals surface area contributed by atoms with E-state index in [1.807, 2.05) is 0 Å². The smallest absolute Gasteiger partial charge is 0.0758 e. The predicted molar refractivity (Wildman–Crippen MR) is 52.3 cm³/mol. The highest BCUT2D eigenvalue weighted by atomic mass is 16.5. The molecule has 1 heteroatoms. The van der Waals surface area contributed by atoms with Crippen molar-refractivity contribution in [3.63, 3.8) is 0 Å². The zero-order valence-electron chi connectivity index (χ0n) is 8.31. The molecule has 0 saturated carbocycles. The third-order valence-corrected chi connectivity index (χ3v) is 2.39. The Morgan fingerprint density at radius 3 is 3.00 bits per heavy atom. The number of hydrogen-bond donors (Lipinski definition) is 0. The van der Waals surface area contributed by atoms with Crippen LogP contribution in [0.3, 0.4) is 0 Å². The Kier molecular flexibility index (Phi) is 4.37. The summed E-state index contributed by atoms with van der Waals surface area (Å²) >= 11 is 0. The fraction of sp³-hybridized carbons (Fsp3) is 0.818. The van der Waals surface area contributed by atoms with Gasteiger partial charge < -0.3 is 4.74 Å². The molecule has 0 N–H and O–H groups in total. The second kappa shape index (κ2) is 5.36. The van der Waals surface area contributed by atoms with E-state index in [1.165, 1.54) is 31.3 Å². The molecule has 1 aliphatic heterocycles.